The van der Waals surface area contributed by atoms with Crippen LogP contribution in [-0.4, -0.2) is 25.8 Å². The summed E-state index contributed by atoms with van der Waals surface area (Å²) in [4.78, 5) is 0. The lowest BCUT2D eigenvalue weighted by Crippen LogP contribution is -2.29. The van der Waals surface area contributed by atoms with Crippen molar-refractivity contribution in [1.29, 1.82) is 0 Å². The van der Waals surface area contributed by atoms with E-state index in [9.17, 15) is 13.2 Å². The first-order valence-electron chi connectivity index (χ1n) is 3.54. The summed E-state index contributed by atoms with van der Waals surface area (Å²) in [7, 11) is 0. The number of nitrogens with two attached hydrogens (primary N) is 1. The maximum atomic E-state index is 11.5. The van der Waals surface area contributed by atoms with Gasteiger partial charge in [0.25, 0.3) is 0 Å². The van der Waals surface area contributed by atoms with Crippen LogP contribution >= 0.6 is 24.8 Å². The Hall–Kier alpha value is 0.290. The van der Waals surface area contributed by atoms with Crippen LogP contribution in [0.15, 0.2) is 0 Å². The van der Waals surface area contributed by atoms with Gasteiger partial charge in [-0.1, -0.05) is 0 Å². The van der Waals surface area contributed by atoms with Gasteiger partial charge < -0.3 is 11.1 Å². The fourth-order valence-corrected chi connectivity index (χ4v) is 0.624. The number of nitrogens with one attached hydrogen (secondary N) is 1. The van der Waals surface area contributed by atoms with E-state index in [0.717, 1.165) is 6.42 Å². The van der Waals surface area contributed by atoms with E-state index in [-0.39, 0.29) is 24.8 Å². The Morgan fingerprint density at radius 2 is 1.62 bits per heavy atom. The summed E-state index contributed by atoms with van der Waals surface area (Å²) in [5.41, 5.74) is 5.15. The molecule has 0 bridgehead atoms. The third-order valence-electron chi connectivity index (χ3n) is 1.13. The topological polar surface area (TPSA) is 38.0 Å². The first kappa shape index (κ1) is 19.0. The minimum Gasteiger partial charge on any atom is -0.330 e. The van der Waals surface area contributed by atoms with Crippen LogP contribution in [0.5, 0.6) is 0 Å². The third-order valence-corrected chi connectivity index (χ3v) is 1.13. The molecule has 0 aromatic rings. The molecule has 13 heavy (non-hydrogen) atoms. The zero-order valence-electron chi connectivity index (χ0n) is 7.06. The molecule has 0 fully saturated rings. The lowest BCUT2D eigenvalue weighted by Gasteiger charge is -2.06. The van der Waals surface area contributed by atoms with Crippen molar-refractivity contribution in [3.05, 3.63) is 0 Å². The highest BCUT2D eigenvalue weighted by Gasteiger charge is 2.25. The van der Waals surface area contributed by atoms with E-state index in [1.165, 1.54) is 0 Å². The molecular formula is C6H15Cl2F3N2. The van der Waals surface area contributed by atoms with Gasteiger partial charge in [0.1, 0.15) is 0 Å². The van der Waals surface area contributed by atoms with Gasteiger partial charge in [0.2, 0.25) is 0 Å². The second kappa shape index (κ2) is 10.4. The molecule has 84 valence electrons. The first-order chi connectivity index (χ1) is 5.06. The van der Waals surface area contributed by atoms with Gasteiger partial charge in [-0.05, 0) is 25.9 Å². The smallest absolute Gasteiger partial charge is 0.330 e. The first-order valence-corrected chi connectivity index (χ1v) is 3.54. The fraction of sp³-hybridized carbons (Fsp3) is 1.00. The summed E-state index contributed by atoms with van der Waals surface area (Å²) in [5.74, 6) is 0. The highest BCUT2D eigenvalue weighted by Crippen LogP contribution is 2.11. The average molecular weight is 243 g/mol. The van der Waals surface area contributed by atoms with Gasteiger partial charge in [0.15, 0.2) is 0 Å². The molecule has 0 aromatic heterocycles. The quantitative estimate of drug-likeness (QED) is 0.721. The lowest BCUT2D eigenvalue weighted by molar-refractivity contribution is -0.124. The Morgan fingerprint density at radius 3 is 2.00 bits per heavy atom. The molecule has 0 atom stereocenters. The summed E-state index contributed by atoms with van der Waals surface area (Å²) < 4.78 is 34.4. The molecule has 0 aromatic carbocycles. The zero-order valence-corrected chi connectivity index (χ0v) is 8.70. The Kier molecular flexibility index (Phi) is 15.1. The van der Waals surface area contributed by atoms with Gasteiger partial charge >= 0.3 is 6.18 Å². The van der Waals surface area contributed by atoms with Crippen molar-refractivity contribution >= 4 is 24.8 Å². The standard InChI is InChI=1S/C6H13F3N2.2ClH/c7-6(8,9)5-11-4-2-1-3-10;;/h11H,1-5,10H2;2*1H. The van der Waals surface area contributed by atoms with Crippen molar-refractivity contribution in [3.63, 3.8) is 0 Å². The van der Waals surface area contributed by atoms with E-state index in [1.54, 1.807) is 0 Å². The Morgan fingerprint density at radius 1 is 1.08 bits per heavy atom. The molecule has 0 spiro atoms. The predicted molar refractivity (Wildman–Crippen MR) is 51.7 cm³/mol. The molecule has 3 N–H and O–H groups in total. The maximum Gasteiger partial charge on any atom is 0.401 e. The Balaban J connectivity index is -0.000000500. The van der Waals surface area contributed by atoms with Crippen LogP contribution in [0.1, 0.15) is 12.8 Å². The van der Waals surface area contributed by atoms with Gasteiger partial charge in [-0.15, -0.1) is 24.8 Å². The number of alkyl halides is 3. The van der Waals surface area contributed by atoms with E-state index in [1.807, 2.05) is 0 Å². The van der Waals surface area contributed by atoms with E-state index < -0.39 is 12.7 Å². The second-order valence-electron chi connectivity index (χ2n) is 2.29. The SMILES string of the molecule is Cl.Cl.NCCCCNCC(F)(F)F. The molecule has 0 aliphatic rings. The van der Waals surface area contributed by atoms with Gasteiger partial charge in [-0.3, -0.25) is 0 Å². The fourth-order valence-electron chi connectivity index (χ4n) is 0.624. The van der Waals surface area contributed by atoms with E-state index in [4.69, 9.17) is 5.73 Å². The Bertz CT molecular complexity index is 100. The third kappa shape index (κ3) is 18.9. The van der Waals surface area contributed by atoms with E-state index in [2.05, 4.69) is 5.32 Å². The van der Waals surface area contributed by atoms with Crippen LogP contribution in [0.25, 0.3) is 0 Å². The predicted octanol–water partition coefficient (Wildman–Crippen LogP) is 1.72. The van der Waals surface area contributed by atoms with Gasteiger partial charge in [-0.25, -0.2) is 0 Å². The highest BCUT2D eigenvalue weighted by atomic mass is 35.5. The van der Waals surface area contributed by atoms with Crippen LogP contribution < -0.4 is 11.1 Å². The van der Waals surface area contributed by atoms with Gasteiger partial charge in [-0.2, -0.15) is 13.2 Å². The van der Waals surface area contributed by atoms with E-state index >= 15 is 0 Å². The van der Waals surface area contributed by atoms with E-state index in [0.29, 0.717) is 19.5 Å². The molecule has 0 saturated carbocycles. The molecule has 0 heterocycles. The zero-order chi connectivity index (χ0) is 8.74. The number of hydrogen-bond donors (Lipinski definition) is 2. The van der Waals surface area contributed by atoms with Crippen LogP contribution in [0.2, 0.25) is 0 Å². The summed E-state index contributed by atoms with van der Waals surface area (Å²) in [6.07, 6.45) is -2.62. The number of halogens is 5. The molecule has 0 unspecified atom stereocenters. The molecule has 0 saturated heterocycles. The van der Waals surface area contributed by atoms with Crippen LogP contribution in [0, 0.1) is 0 Å². The summed E-state index contributed by atoms with van der Waals surface area (Å²) >= 11 is 0. The van der Waals surface area contributed by atoms with Crippen LogP contribution in [0.4, 0.5) is 13.2 Å². The van der Waals surface area contributed by atoms with Crippen molar-refractivity contribution < 1.29 is 13.2 Å². The normalized spacial score (nSPS) is 10.2. The molecule has 0 radical (unpaired) electrons. The molecule has 0 aliphatic carbocycles. The van der Waals surface area contributed by atoms with Gasteiger partial charge in [0, 0.05) is 0 Å². The average Bonchev–Trinajstić information content (AvgIpc) is 1.85. The minimum absolute atomic E-state index is 0. The second-order valence-corrected chi connectivity index (χ2v) is 2.29. The summed E-state index contributed by atoms with van der Waals surface area (Å²) in [6, 6.07) is 0. The molecule has 0 aliphatic heterocycles. The largest absolute Gasteiger partial charge is 0.401 e. The molecule has 7 heteroatoms. The van der Waals surface area contributed by atoms with Crippen LogP contribution in [0.3, 0.4) is 0 Å². The number of unbranched alkanes of at least 4 members (excludes halogenated alkanes) is 1. The maximum absolute atomic E-state index is 11.5. The lowest BCUT2D eigenvalue weighted by atomic mass is 10.3. The van der Waals surface area contributed by atoms with Crippen molar-refractivity contribution in [2.24, 2.45) is 5.73 Å². The summed E-state index contributed by atoms with van der Waals surface area (Å²) in [6.45, 7) is 0.0159. The molecule has 0 amide bonds. The molecule has 0 rings (SSSR count). The summed E-state index contributed by atoms with van der Waals surface area (Å²) in [5, 5.41) is 2.28. The van der Waals surface area contributed by atoms with Crippen molar-refractivity contribution in [1.82, 2.24) is 5.32 Å². The van der Waals surface area contributed by atoms with Crippen molar-refractivity contribution in [2.45, 2.75) is 19.0 Å². The van der Waals surface area contributed by atoms with Crippen molar-refractivity contribution in [2.75, 3.05) is 19.6 Å². The highest BCUT2D eigenvalue weighted by molar-refractivity contribution is 5.85. The molecule has 2 nitrogen and oxygen atoms in total. The minimum atomic E-state index is -4.09. The number of rotatable bonds is 5. The molecular weight excluding hydrogens is 228 g/mol. The number of hydrogen-bond acceptors (Lipinski definition) is 2. The Labute approximate surface area is 88.3 Å². The van der Waals surface area contributed by atoms with Crippen molar-refractivity contribution in [3.8, 4) is 0 Å². The van der Waals surface area contributed by atoms with Crippen LogP contribution in [-0.2, 0) is 0 Å². The van der Waals surface area contributed by atoms with Gasteiger partial charge in [0.05, 0.1) is 6.54 Å². The monoisotopic (exact) mass is 242 g/mol.